The summed E-state index contributed by atoms with van der Waals surface area (Å²) in [5.74, 6) is 0. The Morgan fingerprint density at radius 2 is 2.21 bits per heavy atom. The van der Waals surface area contributed by atoms with Crippen molar-refractivity contribution >= 4 is 22.4 Å². The van der Waals surface area contributed by atoms with Crippen LogP contribution in [0.15, 0.2) is 36.0 Å². The Kier molecular flexibility index (Phi) is 3.31. The Morgan fingerprint density at radius 3 is 3.00 bits per heavy atom. The molecule has 0 saturated carbocycles. The first-order chi connectivity index (χ1) is 9.22. The summed E-state index contributed by atoms with van der Waals surface area (Å²) >= 11 is 1.67. The van der Waals surface area contributed by atoms with Gasteiger partial charge in [0.1, 0.15) is 0 Å². The molecule has 0 aliphatic carbocycles. The molecule has 1 atom stereocenters. The fourth-order valence-corrected chi connectivity index (χ4v) is 2.87. The van der Waals surface area contributed by atoms with E-state index in [1.165, 1.54) is 0 Å². The number of thiazole rings is 1. The minimum absolute atomic E-state index is 0.0547. The summed E-state index contributed by atoms with van der Waals surface area (Å²) in [5.41, 5.74) is 9.44. The maximum absolute atomic E-state index is 6.21. The number of hydrogen-bond donors (Lipinski definition) is 1. The first-order valence-electron chi connectivity index (χ1n) is 6.29. The van der Waals surface area contributed by atoms with Crippen molar-refractivity contribution in [1.82, 2.24) is 14.5 Å². The molecular weight excluding hydrogens is 256 g/mol. The number of para-hydroxylation sites is 2. The summed E-state index contributed by atoms with van der Waals surface area (Å²) in [4.78, 5) is 8.83. The average Bonchev–Trinajstić information content (AvgIpc) is 2.97. The number of aryl methyl sites for hydroxylation is 1. The van der Waals surface area contributed by atoms with E-state index in [1.807, 2.05) is 31.5 Å². The molecule has 2 aromatic heterocycles. The zero-order valence-corrected chi connectivity index (χ0v) is 11.6. The SMILES string of the molecule is Cc1nc(CC(N)Cn2cnc3ccccc32)cs1. The molecule has 0 saturated heterocycles. The number of benzene rings is 1. The molecule has 3 rings (SSSR count). The molecule has 0 fully saturated rings. The lowest BCUT2D eigenvalue weighted by Crippen LogP contribution is -2.28. The van der Waals surface area contributed by atoms with Gasteiger partial charge in [0.05, 0.1) is 28.1 Å². The van der Waals surface area contributed by atoms with Gasteiger partial charge in [-0.25, -0.2) is 9.97 Å². The Balaban J connectivity index is 1.74. The molecule has 2 N–H and O–H groups in total. The van der Waals surface area contributed by atoms with E-state index < -0.39 is 0 Å². The highest BCUT2D eigenvalue weighted by atomic mass is 32.1. The lowest BCUT2D eigenvalue weighted by atomic mass is 10.2. The second-order valence-electron chi connectivity index (χ2n) is 4.71. The fourth-order valence-electron chi connectivity index (χ4n) is 2.24. The molecule has 1 aromatic carbocycles. The van der Waals surface area contributed by atoms with Gasteiger partial charge in [0.2, 0.25) is 0 Å². The van der Waals surface area contributed by atoms with E-state index in [0.717, 1.165) is 34.7 Å². The van der Waals surface area contributed by atoms with Crippen LogP contribution in [0.3, 0.4) is 0 Å². The number of fused-ring (bicyclic) bond motifs is 1. The highest BCUT2D eigenvalue weighted by molar-refractivity contribution is 7.09. The Labute approximate surface area is 115 Å². The molecule has 0 aliphatic heterocycles. The molecule has 4 nitrogen and oxygen atoms in total. The third-order valence-electron chi connectivity index (χ3n) is 3.10. The van der Waals surface area contributed by atoms with Gasteiger partial charge in [-0.05, 0) is 19.1 Å². The molecule has 0 radical (unpaired) electrons. The molecule has 0 bridgehead atoms. The summed E-state index contributed by atoms with van der Waals surface area (Å²) in [6, 6.07) is 8.16. The maximum Gasteiger partial charge on any atom is 0.0958 e. The monoisotopic (exact) mass is 272 g/mol. The van der Waals surface area contributed by atoms with Crippen molar-refractivity contribution in [3.05, 3.63) is 46.7 Å². The smallest absolute Gasteiger partial charge is 0.0958 e. The van der Waals surface area contributed by atoms with Crippen LogP contribution in [0.4, 0.5) is 0 Å². The molecule has 19 heavy (non-hydrogen) atoms. The van der Waals surface area contributed by atoms with E-state index in [2.05, 4.69) is 26.0 Å². The zero-order chi connectivity index (χ0) is 13.2. The predicted molar refractivity (Wildman–Crippen MR) is 78.3 cm³/mol. The van der Waals surface area contributed by atoms with E-state index in [9.17, 15) is 0 Å². The number of rotatable bonds is 4. The molecule has 2 heterocycles. The first kappa shape index (κ1) is 12.3. The third kappa shape index (κ3) is 2.67. The molecule has 0 aliphatic rings. The Hall–Kier alpha value is -1.72. The quantitative estimate of drug-likeness (QED) is 0.793. The highest BCUT2D eigenvalue weighted by Crippen LogP contribution is 2.14. The van der Waals surface area contributed by atoms with Crippen molar-refractivity contribution in [3.8, 4) is 0 Å². The standard InChI is InChI=1S/C14H16N4S/c1-10-17-12(8-19-10)6-11(15)7-18-9-16-13-4-2-3-5-14(13)18/h2-5,8-9,11H,6-7,15H2,1H3. The maximum atomic E-state index is 6.21. The van der Waals surface area contributed by atoms with Gasteiger partial charge < -0.3 is 10.3 Å². The van der Waals surface area contributed by atoms with Gasteiger partial charge in [-0.3, -0.25) is 0 Å². The molecule has 0 amide bonds. The summed E-state index contributed by atoms with van der Waals surface area (Å²) in [6.45, 7) is 2.78. The highest BCUT2D eigenvalue weighted by Gasteiger charge is 2.09. The zero-order valence-electron chi connectivity index (χ0n) is 10.8. The van der Waals surface area contributed by atoms with Crippen molar-refractivity contribution in [2.75, 3.05) is 0 Å². The third-order valence-corrected chi connectivity index (χ3v) is 3.92. The summed E-state index contributed by atoms with van der Waals surface area (Å²) in [7, 11) is 0. The van der Waals surface area contributed by atoms with Gasteiger partial charge >= 0.3 is 0 Å². The van der Waals surface area contributed by atoms with E-state index in [1.54, 1.807) is 11.3 Å². The van der Waals surface area contributed by atoms with Crippen LogP contribution in [-0.4, -0.2) is 20.6 Å². The molecule has 98 valence electrons. The van der Waals surface area contributed by atoms with E-state index in [-0.39, 0.29) is 6.04 Å². The van der Waals surface area contributed by atoms with Gasteiger partial charge in [0.15, 0.2) is 0 Å². The largest absolute Gasteiger partial charge is 0.329 e. The van der Waals surface area contributed by atoms with E-state index in [4.69, 9.17) is 5.73 Å². The molecule has 3 aromatic rings. The van der Waals surface area contributed by atoms with Crippen LogP contribution in [-0.2, 0) is 13.0 Å². The molecule has 0 spiro atoms. The van der Waals surface area contributed by atoms with E-state index in [0.29, 0.717) is 0 Å². The van der Waals surface area contributed by atoms with Gasteiger partial charge in [0, 0.05) is 24.4 Å². The fraction of sp³-hybridized carbons (Fsp3) is 0.286. The minimum Gasteiger partial charge on any atom is -0.329 e. The van der Waals surface area contributed by atoms with Crippen molar-refractivity contribution in [3.63, 3.8) is 0 Å². The first-order valence-corrected chi connectivity index (χ1v) is 7.17. The molecular formula is C14H16N4S. The van der Waals surface area contributed by atoms with Gasteiger partial charge in [-0.1, -0.05) is 12.1 Å². The van der Waals surface area contributed by atoms with Crippen LogP contribution in [0, 0.1) is 6.92 Å². The normalized spacial score (nSPS) is 12.9. The van der Waals surface area contributed by atoms with Crippen LogP contribution in [0.2, 0.25) is 0 Å². The van der Waals surface area contributed by atoms with Gasteiger partial charge in [0.25, 0.3) is 0 Å². The number of imidazole rings is 1. The Bertz CT molecular complexity index is 685. The van der Waals surface area contributed by atoms with Crippen molar-refractivity contribution in [1.29, 1.82) is 0 Å². The number of hydrogen-bond acceptors (Lipinski definition) is 4. The number of nitrogens with zero attached hydrogens (tertiary/aromatic N) is 3. The van der Waals surface area contributed by atoms with Gasteiger partial charge in [-0.2, -0.15) is 0 Å². The Morgan fingerprint density at radius 1 is 1.37 bits per heavy atom. The summed E-state index contributed by atoms with van der Waals surface area (Å²) < 4.78 is 2.11. The summed E-state index contributed by atoms with van der Waals surface area (Å²) in [5, 5.41) is 3.18. The molecule has 1 unspecified atom stereocenters. The average molecular weight is 272 g/mol. The van der Waals surface area contributed by atoms with Crippen molar-refractivity contribution in [2.24, 2.45) is 5.73 Å². The van der Waals surface area contributed by atoms with Crippen LogP contribution < -0.4 is 5.73 Å². The summed E-state index contributed by atoms with van der Waals surface area (Å²) in [6.07, 6.45) is 2.66. The van der Waals surface area contributed by atoms with E-state index >= 15 is 0 Å². The van der Waals surface area contributed by atoms with Crippen LogP contribution >= 0.6 is 11.3 Å². The molecule has 5 heteroatoms. The van der Waals surface area contributed by atoms with Crippen molar-refractivity contribution in [2.45, 2.75) is 25.9 Å². The second-order valence-corrected chi connectivity index (χ2v) is 5.77. The second kappa shape index (κ2) is 5.11. The lowest BCUT2D eigenvalue weighted by molar-refractivity contribution is 0.554. The lowest BCUT2D eigenvalue weighted by Gasteiger charge is -2.11. The number of nitrogens with two attached hydrogens (primary N) is 1. The topological polar surface area (TPSA) is 56.7 Å². The van der Waals surface area contributed by atoms with Crippen LogP contribution in [0.1, 0.15) is 10.7 Å². The predicted octanol–water partition coefficient (Wildman–Crippen LogP) is 2.37. The minimum atomic E-state index is 0.0547. The van der Waals surface area contributed by atoms with Gasteiger partial charge in [-0.15, -0.1) is 11.3 Å². The number of aromatic nitrogens is 3. The van der Waals surface area contributed by atoms with Crippen LogP contribution in [0.5, 0.6) is 0 Å². The van der Waals surface area contributed by atoms with Crippen molar-refractivity contribution < 1.29 is 0 Å². The van der Waals surface area contributed by atoms with Crippen LogP contribution in [0.25, 0.3) is 11.0 Å².